The number of hydrogen-bond donors (Lipinski definition) is 1. The van der Waals surface area contributed by atoms with Crippen LogP contribution in [0.15, 0.2) is 30.3 Å². The van der Waals surface area contributed by atoms with Crippen molar-refractivity contribution in [2.75, 3.05) is 19.6 Å². The second kappa shape index (κ2) is 4.56. The average Bonchev–Trinajstić information content (AvgIpc) is 2.66. The van der Waals surface area contributed by atoms with E-state index in [2.05, 4.69) is 40.5 Å². The zero-order chi connectivity index (χ0) is 10.8. The SMILES string of the molecule is c1ccc(CC2CCCN2C2CNC2)cc1. The summed E-state index contributed by atoms with van der Waals surface area (Å²) in [6.45, 7) is 3.71. The first-order chi connectivity index (χ1) is 7.93. The lowest BCUT2D eigenvalue weighted by atomic mass is 10.0. The van der Waals surface area contributed by atoms with Crippen LogP contribution in [0.4, 0.5) is 0 Å². The lowest BCUT2D eigenvalue weighted by molar-refractivity contribution is 0.131. The van der Waals surface area contributed by atoms with E-state index in [4.69, 9.17) is 0 Å². The fraction of sp³-hybridized carbons (Fsp3) is 0.571. The summed E-state index contributed by atoms with van der Waals surface area (Å²) in [5.74, 6) is 0. The van der Waals surface area contributed by atoms with Crippen LogP contribution in [-0.2, 0) is 6.42 Å². The van der Waals surface area contributed by atoms with Crippen LogP contribution in [0.3, 0.4) is 0 Å². The van der Waals surface area contributed by atoms with Crippen molar-refractivity contribution in [2.45, 2.75) is 31.3 Å². The summed E-state index contributed by atoms with van der Waals surface area (Å²) >= 11 is 0. The molecule has 1 atom stereocenters. The first kappa shape index (κ1) is 10.3. The summed E-state index contributed by atoms with van der Waals surface area (Å²) in [7, 11) is 0. The first-order valence-electron chi connectivity index (χ1n) is 6.44. The molecular formula is C14H20N2. The molecule has 1 aromatic carbocycles. The molecule has 16 heavy (non-hydrogen) atoms. The summed E-state index contributed by atoms with van der Waals surface area (Å²) in [6.07, 6.45) is 4.00. The van der Waals surface area contributed by atoms with E-state index in [1.54, 1.807) is 0 Å². The first-order valence-corrected chi connectivity index (χ1v) is 6.44. The number of hydrogen-bond acceptors (Lipinski definition) is 2. The van der Waals surface area contributed by atoms with E-state index in [0.29, 0.717) is 0 Å². The van der Waals surface area contributed by atoms with E-state index in [0.717, 1.165) is 12.1 Å². The molecule has 0 bridgehead atoms. The highest BCUT2D eigenvalue weighted by Crippen LogP contribution is 2.24. The highest BCUT2D eigenvalue weighted by Gasteiger charge is 2.33. The largest absolute Gasteiger partial charge is 0.314 e. The van der Waals surface area contributed by atoms with Crippen LogP contribution in [0.25, 0.3) is 0 Å². The number of nitrogens with zero attached hydrogens (tertiary/aromatic N) is 1. The minimum absolute atomic E-state index is 0.787. The number of likely N-dealkylation sites (tertiary alicyclic amines) is 1. The Kier molecular flexibility index (Phi) is 2.94. The van der Waals surface area contributed by atoms with Crippen LogP contribution < -0.4 is 5.32 Å². The Bertz CT molecular complexity index is 332. The van der Waals surface area contributed by atoms with Gasteiger partial charge in [-0.05, 0) is 31.4 Å². The van der Waals surface area contributed by atoms with Gasteiger partial charge in [-0.15, -0.1) is 0 Å². The van der Waals surface area contributed by atoms with E-state index in [1.165, 1.54) is 44.5 Å². The fourth-order valence-electron chi connectivity index (χ4n) is 2.95. The van der Waals surface area contributed by atoms with Crippen molar-refractivity contribution < 1.29 is 0 Å². The third-order valence-corrected chi connectivity index (χ3v) is 3.97. The molecule has 0 radical (unpaired) electrons. The molecule has 2 saturated heterocycles. The summed E-state index contributed by atoms with van der Waals surface area (Å²) < 4.78 is 0. The summed E-state index contributed by atoms with van der Waals surface area (Å²) in [4.78, 5) is 2.73. The molecule has 0 amide bonds. The van der Waals surface area contributed by atoms with E-state index in [-0.39, 0.29) is 0 Å². The lowest BCUT2D eigenvalue weighted by Crippen LogP contribution is -2.58. The molecule has 2 aliphatic rings. The Morgan fingerprint density at radius 2 is 2.00 bits per heavy atom. The van der Waals surface area contributed by atoms with Gasteiger partial charge in [-0.1, -0.05) is 30.3 Å². The van der Waals surface area contributed by atoms with Gasteiger partial charge < -0.3 is 5.32 Å². The quantitative estimate of drug-likeness (QED) is 0.827. The predicted molar refractivity (Wildman–Crippen MR) is 66.5 cm³/mol. The normalized spacial score (nSPS) is 26.9. The minimum atomic E-state index is 0.787. The standard InChI is InChI=1S/C14H20N2/c1-2-5-12(6-3-1)9-13-7-4-8-16(13)14-10-15-11-14/h1-3,5-6,13-15H,4,7-11H2. The van der Waals surface area contributed by atoms with Gasteiger partial charge in [-0.25, -0.2) is 0 Å². The summed E-state index contributed by atoms with van der Waals surface area (Å²) in [5.41, 5.74) is 1.49. The Hall–Kier alpha value is -0.860. The molecule has 0 aliphatic carbocycles. The van der Waals surface area contributed by atoms with Gasteiger partial charge in [0.2, 0.25) is 0 Å². The van der Waals surface area contributed by atoms with Gasteiger partial charge in [0.15, 0.2) is 0 Å². The van der Waals surface area contributed by atoms with E-state index >= 15 is 0 Å². The van der Waals surface area contributed by atoms with Gasteiger partial charge in [-0.2, -0.15) is 0 Å². The fourth-order valence-corrected chi connectivity index (χ4v) is 2.95. The number of benzene rings is 1. The third-order valence-electron chi connectivity index (χ3n) is 3.97. The molecule has 0 saturated carbocycles. The molecule has 86 valence electrons. The highest BCUT2D eigenvalue weighted by molar-refractivity contribution is 5.16. The summed E-state index contributed by atoms with van der Waals surface area (Å²) in [6, 6.07) is 12.5. The average molecular weight is 216 g/mol. The molecular weight excluding hydrogens is 196 g/mol. The van der Waals surface area contributed by atoms with Crippen molar-refractivity contribution in [2.24, 2.45) is 0 Å². The molecule has 2 heterocycles. The molecule has 0 aromatic heterocycles. The van der Waals surface area contributed by atoms with Crippen LogP contribution in [0.1, 0.15) is 18.4 Å². The third kappa shape index (κ3) is 2.00. The monoisotopic (exact) mass is 216 g/mol. The molecule has 2 nitrogen and oxygen atoms in total. The van der Waals surface area contributed by atoms with Gasteiger partial charge >= 0.3 is 0 Å². The topological polar surface area (TPSA) is 15.3 Å². The van der Waals surface area contributed by atoms with Crippen molar-refractivity contribution in [3.8, 4) is 0 Å². The van der Waals surface area contributed by atoms with E-state index in [9.17, 15) is 0 Å². The smallest absolute Gasteiger partial charge is 0.0348 e. The van der Waals surface area contributed by atoms with Crippen molar-refractivity contribution in [3.63, 3.8) is 0 Å². The van der Waals surface area contributed by atoms with Gasteiger partial charge in [-0.3, -0.25) is 4.90 Å². The molecule has 2 aliphatic heterocycles. The zero-order valence-electron chi connectivity index (χ0n) is 9.73. The molecule has 1 unspecified atom stereocenters. The van der Waals surface area contributed by atoms with Crippen LogP contribution in [0, 0.1) is 0 Å². The second-order valence-corrected chi connectivity index (χ2v) is 5.04. The maximum atomic E-state index is 3.38. The Balaban J connectivity index is 1.65. The Morgan fingerprint density at radius 1 is 1.19 bits per heavy atom. The molecule has 2 heteroatoms. The van der Waals surface area contributed by atoms with Crippen LogP contribution in [0.5, 0.6) is 0 Å². The van der Waals surface area contributed by atoms with E-state index in [1.807, 2.05) is 0 Å². The highest BCUT2D eigenvalue weighted by atomic mass is 15.3. The maximum Gasteiger partial charge on any atom is 0.0348 e. The van der Waals surface area contributed by atoms with Gasteiger partial charge in [0.25, 0.3) is 0 Å². The van der Waals surface area contributed by atoms with Crippen molar-refractivity contribution in [1.82, 2.24) is 10.2 Å². The van der Waals surface area contributed by atoms with Crippen LogP contribution >= 0.6 is 0 Å². The van der Waals surface area contributed by atoms with Gasteiger partial charge in [0.1, 0.15) is 0 Å². The van der Waals surface area contributed by atoms with Crippen LogP contribution in [-0.4, -0.2) is 36.6 Å². The Labute approximate surface area is 97.6 Å². The van der Waals surface area contributed by atoms with Crippen molar-refractivity contribution in [1.29, 1.82) is 0 Å². The molecule has 1 N–H and O–H groups in total. The molecule has 2 fully saturated rings. The number of rotatable bonds is 3. The molecule has 3 rings (SSSR count). The van der Waals surface area contributed by atoms with Gasteiger partial charge in [0, 0.05) is 25.2 Å². The zero-order valence-corrected chi connectivity index (χ0v) is 9.73. The van der Waals surface area contributed by atoms with Crippen LogP contribution in [0.2, 0.25) is 0 Å². The van der Waals surface area contributed by atoms with Crippen molar-refractivity contribution >= 4 is 0 Å². The van der Waals surface area contributed by atoms with Gasteiger partial charge in [0.05, 0.1) is 0 Å². The Morgan fingerprint density at radius 3 is 2.69 bits per heavy atom. The maximum absolute atomic E-state index is 3.38. The van der Waals surface area contributed by atoms with Crippen molar-refractivity contribution in [3.05, 3.63) is 35.9 Å². The second-order valence-electron chi connectivity index (χ2n) is 5.04. The molecule has 0 spiro atoms. The van der Waals surface area contributed by atoms with E-state index < -0.39 is 0 Å². The lowest BCUT2D eigenvalue weighted by Gasteiger charge is -2.39. The predicted octanol–water partition coefficient (Wildman–Crippen LogP) is 1.67. The minimum Gasteiger partial charge on any atom is -0.314 e. The summed E-state index contributed by atoms with van der Waals surface area (Å²) in [5, 5.41) is 3.38. The molecule has 1 aromatic rings. The number of nitrogens with one attached hydrogen (secondary N) is 1.